The SMILES string of the molecule is CCC(N)(c1ccccc1)c1cccc(Br)c1F. The van der Waals surface area contributed by atoms with Crippen LogP contribution >= 0.6 is 15.9 Å². The summed E-state index contributed by atoms with van der Waals surface area (Å²) in [4.78, 5) is 0. The van der Waals surface area contributed by atoms with Gasteiger partial charge in [-0.15, -0.1) is 0 Å². The summed E-state index contributed by atoms with van der Waals surface area (Å²) in [6.45, 7) is 1.97. The number of rotatable bonds is 3. The number of halogens is 2. The Kier molecular flexibility index (Phi) is 3.83. The van der Waals surface area contributed by atoms with Gasteiger partial charge in [0.15, 0.2) is 0 Å². The molecule has 0 aliphatic carbocycles. The standard InChI is InChI=1S/C15H15BrFN/c1-2-15(18,11-7-4-3-5-8-11)12-9-6-10-13(16)14(12)17/h3-10H,2,18H2,1H3. The molecule has 94 valence electrons. The van der Waals surface area contributed by atoms with E-state index in [0.29, 0.717) is 16.5 Å². The fourth-order valence-corrected chi connectivity index (χ4v) is 2.50. The summed E-state index contributed by atoms with van der Waals surface area (Å²) in [5.41, 5.74) is 7.09. The summed E-state index contributed by atoms with van der Waals surface area (Å²) < 4.78 is 14.7. The molecule has 0 aliphatic heterocycles. The molecular weight excluding hydrogens is 293 g/mol. The van der Waals surface area contributed by atoms with Gasteiger partial charge in [-0.3, -0.25) is 0 Å². The van der Waals surface area contributed by atoms with Crippen LogP contribution in [0.15, 0.2) is 53.0 Å². The first-order chi connectivity index (χ1) is 8.59. The monoisotopic (exact) mass is 307 g/mol. The minimum atomic E-state index is -0.797. The Morgan fingerprint density at radius 2 is 1.78 bits per heavy atom. The van der Waals surface area contributed by atoms with E-state index in [1.807, 2.05) is 43.3 Å². The van der Waals surface area contributed by atoms with Crippen molar-refractivity contribution in [2.45, 2.75) is 18.9 Å². The maximum atomic E-state index is 14.2. The van der Waals surface area contributed by atoms with Crippen LogP contribution in [-0.4, -0.2) is 0 Å². The van der Waals surface area contributed by atoms with Gasteiger partial charge in [0.05, 0.1) is 10.0 Å². The van der Waals surface area contributed by atoms with E-state index >= 15 is 0 Å². The fraction of sp³-hybridized carbons (Fsp3) is 0.200. The molecular formula is C15H15BrFN. The molecule has 1 unspecified atom stereocenters. The third-order valence-corrected chi connectivity index (χ3v) is 3.89. The van der Waals surface area contributed by atoms with Crippen molar-refractivity contribution in [1.82, 2.24) is 0 Å². The Morgan fingerprint density at radius 3 is 2.39 bits per heavy atom. The quantitative estimate of drug-likeness (QED) is 0.903. The van der Waals surface area contributed by atoms with Crippen LogP contribution in [0.2, 0.25) is 0 Å². The zero-order valence-corrected chi connectivity index (χ0v) is 11.7. The predicted molar refractivity (Wildman–Crippen MR) is 75.8 cm³/mol. The van der Waals surface area contributed by atoms with Gasteiger partial charge < -0.3 is 5.73 Å². The van der Waals surface area contributed by atoms with E-state index in [2.05, 4.69) is 15.9 Å². The zero-order valence-electron chi connectivity index (χ0n) is 10.2. The molecule has 0 saturated carbocycles. The van der Waals surface area contributed by atoms with Crippen LogP contribution in [0.25, 0.3) is 0 Å². The van der Waals surface area contributed by atoms with E-state index in [-0.39, 0.29) is 5.82 Å². The van der Waals surface area contributed by atoms with Crippen LogP contribution in [-0.2, 0) is 5.54 Å². The summed E-state index contributed by atoms with van der Waals surface area (Å²) in [7, 11) is 0. The van der Waals surface area contributed by atoms with E-state index in [4.69, 9.17) is 5.73 Å². The van der Waals surface area contributed by atoms with E-state index < -0.39 is 5.54 Å². The average molecular weight is 308 g/mol. The Labute approximate surface area is 115 Å². The molecule has 0 saturated heterocycles. The lowest BCUT2D eigenvalue weighted by Crippen LogP contribution is -2.38. The maximum Gasteiger partial charge on any atom is 0.142 e. The second-order valence-corrected chi connectivity index (χ2v) is 5.15. The summed E-state index contributed by atoms with van der Waals surface area (Å²) in [6.07, 6.45) is 0.629. The highest BCUT2D eigenvalue weighted by Gasteiger charge is 2.30. The van der Waals surface area contributed by atoms with Crippen molar-refractivity contribution < 1.29 is 4.39 Å². The highest BCUT2D eigenvalue weighted by molar-refractivity contribution is 9.10. The molecule has 0 amide bonds. The second-order valence-electron chi connectivity index (χ2n) is 4.29. The minimum absolute atomic E-state index is 0.286. The van der Waals surface area contributed by atoms with Gasteiger partial charge in [0.2, 0.25) is 0 Å². The zero-order chi connectivity index (χ0) is 13.2. The van der Waals surface area contributed by atoms with Crippen LogP contribution in [0.4, 0.5) is 4.39 Å². The number of hydrogen-bond acceptors (Lipinski definition) is 1. The predicted octanol–water partition coefficient (Wildman–Crippen LogP) is 4.20. The lowest BCUT2D eigenvalue weighted by molar-refractivity contribution is 0.477. The van der Waals surface area contributed by atoms with E-state index in [0.717, 1.165) is 5.56 Å². The number of hydrogen-bond donors (Lipinski definition) is 1. The van der Waals surface area contributed by atoms with Crippen LogP contribution < -0.4 is 5.73 Å². The minimum Gasteiger partial charge on any atom is -0.318 e. The third kappa shape index (κ3) is 2.20. The van der Waals surface area contributed by atoms with Gasteiger partial charge >= 0.3 is 0 Å². The van der Waals surface area contributed by atoms with Gasteiger partial charge in [0.1, 0.15) is 5.82 Å². The van der Waals surface area contributed by atoms with Gasteiger partial charge in [-0.05, 0) is 34.0 Å². The van der Waals surface area contributed by atoms with Gasteiger partial charge in [0.25, 0.3) is 0 Å². The molecule has 0 fully saturated rings. The molecule has 2 rings (SSSR count). The van der Waals surface area contributed by atoms with Gasteiger partial charge in [-0.1, -0.05) is 49.4 Å². The summed E-state index contributed by atoms with van der Waals surface area (Å²) in [5.74, 6) is -0.286. The average Bonchev–Trinajstić information content (AvgIpc) is 2.42. The van der Waals surface area contributed by atoms with E-state index in [1.54, 1.807) is 12.1 Å². The highest BCUT2D eigenvalue weighted by atomic mass is 79.9. The lowest BCUT2D eigenvalue weighted by Gasteiger charge is -2.30. The Balaban J connectivity index is 2.61. The number of benzene rings is 2. The second kappa shape index (κ2) is 5.21. The molecule has 0 bridgehead atoms. The van der Waals surface area contributed by atoms with Crippen molar-refractivity contribution in [2.75, 3.05) is 0 Å². The molecule has 0 aliphatic rings. The molecule has 0 radical (unpaired) electrons. The Bertz CT molecular complexity index is 541. The van der Waals surface area contributed by atoms with E-state index in [1.165, 1.54) is 0 Å². The molecule has 2 N–H and O–H groups in total. The Morgan fingerprint density at radius 1 is 1.11 bits per heavy atom. The van der Waals surface area contributed by atoms with Crippen LogP contribution in [0.3, 0.4) is 0 Å². The molecule has 0 spiro atoms. The first kappa shape index (κ1) is 13.2. The number of nitrogens with two attached hydrogens (primary N) is 1. The normalized spacial score (nSPS) is 14.2. The van der Waals surface area contributed by atoms with E-state index in [9.17, 15) is 4.39 Å². The van der Waals surface area contributed by atoms with Crippen LogP contribution in [0, 0.1) is 5.82 Å². The first-order valence-corrected chi connectivity index (χ1v) is 6.67. The molecule has 0 aromatic heterocycles. The van der Waals surface area contributed by atoms with Crippen molar-refractivity contribution in [3.8, 4) is 0 Å². The fourth-order valence-electron chi connectivity index (χ4n) is 2.13. The van der Waals surface area contributed by atoms with Crippen molar-refractivity contribution >= 4 is 15.9 Å². The molecule has 2 aromatic rings. The van der Waals surface area contributed by atoms with Crippen molar-refractivity contribution in [3.63, 3.8) is 0 Å². The van der Waals surface area contributed by atoms with Gasteiger partial charge in [0, 0.05) is 5.56 Å². The first-order valence-electron chi connectivity index (χ1n) is 5.88. The maximum absolute atomic E-state index is 14.2. The van der Waals surface area contributed by atoms with Crippen LogP contribution in [0.5, 0.6) is 0 Å². The Hall–Kier alpha value is -1.19. The van der Waals surface area contributed by atoms with Crippen molar-refractivity contribution in [3.05, 3.63) is 69.9 Å². The summed E-state index contributed by atoms with van der Waals surface area (Å²) >= 11 is 3.21. The molecule has 0 heterocycles. The van der Waals surface area contributed by atoms with Gasteiger partial charge in [-0.25, -0.2) is 4.39 Å². The molecule has 3 heteroatoms. The molecule has 1 atom stereocenters. The summed E-state index contributed by atoms with van der Waals surface area (Å²) in [6, 6.07) is 14.9. The third-order valence-electron chi connectivity index (χ3n) is 3.28. The molecule has 18 heavy (non-hydrogen) atoms. The van der Waals surface area contributed by atoms with Crippen LogP contribution in [0.1, 0.15) is 24.5 Å². The highest BCUT2D eigenvalue weighted by Crippen LogP contribution is 2.34. The van der Waals surface area contributed by atoms with Crippen molar-refractivity contribution in [2.24, 2.45) is 5.73 Å². The van der Waals surface area contributed by atoms with Gasteiger partial charge in [-0.2, -0.15) is 0 Å². The topological polar surface area (TPSA) is 26.0 Å². The smallest absolute Gasteiger partial charge is 0.142 e. The van der Waals surface area contributed by atoms with Crippen molar-refractivity contribution in [1.29, 1.82) is 0 Å². The molecule has 1 nitrogen and oxygen atoms in total. The lowest BCUT2D eigenvalue weighted by atomic mass is 9.81. The molecule has 2 aromatic carbocycles. The summed E-state index contributed by atoms with van der Waals surface area (Å²) in [5, 5.41) is 0. The largest absolute Gasteiger partial charge is 0.318 e.